The number of ether oxygens (including phenoxy) is 1. The van der Waals surface area contributed by atoms with Gasteiger partial charge in [0.05, 0.1) is 16.6 Å². The lowest BCUT2D eigenvalue weighted by Gasteiger charge is -2.19. The lowest BCUT2D eigenvalue weighted by Crippen LogP contribution is -2.37. The maximum absolute atomic E-state index is 12.8. The zero-order chi connectivity index (χ0) is 20.2. The summed E-state index contributed by atoms with van der Waals surface area (Å²) in [5, 5.41) is 2.69. The fraction of sp³-hybridized carbons (Fsp3) is 0.350. The molecule has 0 spiro atoms. The second kappa shape index (κ2) is 8.54. The summed E-state index contributed by atoms with van der Waals surface area (Å²) >= 11 is 0. The molecule has 0 radical (unpaired) electrons. The van der Waals surface area contributed by atoms with Crippen molar-refractivity contribution in [3.8, 4) is 5.75 Å². The lowest BCUT2D eigenvalue weighted by atomic mass is 10.1. The molecule has 0 saturated heterocycles. The molecule has 7 heteroatoms. The first kappa shape index (κ1) is 20.9. The largest absolute Gasteiger partial charge is 0.490 e. The van der Waals surface area contributed by atoms with E-state index in [2.05, 4.69) is 10.0 Å². The molecule has 0 aliphatic rings. The van der Waals surface area contributed by atoms with E-state index in [4.69, 9.17) is 4.74 Å². The van der Waals surface area contributed by atoms with E-state index >= 15 is 0 Å². The first-order chi connectivity index (χ1) is 12.6. The second-order valence-electron chi connectivity index (χ2n) is 6.74. The van der Waals surface area contributed by atoms with Crippen LogP contribution < -0.4 is 14.8 Å². The molecule has 146 valence electrons. The monoisotopic (exact) mass is 390 g/mol. The smallest absolute Gasteiger partial charge is 0.241 e. The van der Waals surface area contributed by atoms with Gasteiger partial charge in [0.15, 0.2) is 0 Å². The normalized spacial score (nSPS) is 12.5. The van der Waals surface area contributed by atoms with Crippen molar-refractivity contribution in [2.24, 2.45) is 0 Å². The summed E-state index contributed by atoms with van der Waals surface area (Å²) in [5.74, 6) is 0.284. The number of carbonyl (C=O) groups is 1. The molecule has 0 saturated carbocycles. The van der Waals surface area contributed by atoms with Crippen molar-refractivity contribution in [1.82, 2.24) is 4.72 Å². The average molecular weight is 391 g/mol. The van der Waals surface area contributed by atoms with Gasteiger partial charge >= 0.3 is 0 Å². The van der Waals surface area contributed by atoms with Crippen molar-refractivity contribution in [3.05, 3.63) is 53.1 Å². The number of hydrogen-bond acceptors (Lipinski definition) is 4. The number of aryl methyl sites for hydroxylation is 3. The standard InChI is InChI=1S/C20H26N2O4S/c1-13-10-14(2)20(15(3)11-13)27(24,25)22-16(4)12-26-19-9-7-6-8-18(19)21-17(5)23/h6-11,16,22H,12H2,1-5H3,(H,21,23). The van der Waals surface area contributed by atoms with Crippen molar-refractivity contribution < 1.29 is 17.9 Å². The minimum absolute atomic E-state index is 0.125. The van der Waals surface area contributed by atoms with Gasteiger partial charge in [0.2, 0.25) is 15.9 Å². The average Bonchev–Trinajstić information content (AvgIpc) is 2.51. The third kappa shape index (κ3) is 5.55. The summed E-state index contributed by atoms with van der Waals surface area (Å²) in [6.07, 6.45) is 0. The zero-order valence-electron chi connectivity index (χ0n) is 16.3. The van der Waals surface area contributed by atoms with Crippen LogP contribution in [0.5, 0.6) is 5.75 Å². The predicted octanol–water partition coefficient (Wildman–Crippen LogP) is 3.32. The number of amides is 1. The van der Waals surface area contributed by atoms with Gasteiger partial charge in [-0.2, -0.15) is 0 Å². The molecule has 0 aliphatic heterocycles. The third-order valence-corrected chi connectivity index (χ3v) is 5.81. The molecule has 2 N–H and O–H groups in total. The van der Waals surface area contributed by atoms with Crippen LogP contribution in [-0.2, 0) is 14.8 Å². The van der Waals surface area contributed by atoms with Gasteiger partial charge in [-0.15, -0.1) is 0 Å². The van der Waals surface area contributed by atoms with Crippen LogP contribution in [0.1, 0.15) is 30.5 Å². The fourth-order valence-corrected chi connectivity index (χ4v) is 4.73. The molecule has 0 heterocycles. The number of benzene rings is 2. The van der Waals surface area contributed by atoms with E-state index in [1.165, 1.54) is 6.92 Å². The van der Waals surface area contributed by atoms with Gasteiger partial charge in [-0.25, -0.2) is 13.1 Å². The van der Waals surface area contributed by atoms with Gasteiger partial charge in [0.1, 0.15) is 12.4 Å². The second-order valence-corrected chi connectivity index (χ2v) is 8.39. The third-order valence-electron chi connectivity index (χ3n) is 3.92. The van der Waals surface area contributed by atoms with Crippen molar-refractivity contribution >= 4 is 21.6 Å². The van der Waals surface area contributed by atoms with Gasteiger partial charge in [-0.05, 0) is 51.0 Å². The minimum atomic E-state index is -3.67. The van der Waals surface area contributed by atoms with Crippen LogP contribution in [0, 0.1) is 20.8 Å². The lowest BCUT2D eigenvalue weighted by molar-refractivity contribution is -0.114. The van der Waals surface area contributed by atoms with E-state index in [1.54, 1.807) is 45.0 Å². The highest BCUT2D eigenvalue weighted by molar-refractivity contribution is 7.89. The molecule has 6 nitrogen and oxygen atoms in total. The van der Waals surface area contributed by atoms with E-state index < -0.39 is 16.1 Å². The Morgan fingerprint density at radius 3 is 2.30 bits per heavy atom. The molecular formula is C20H26N2O4S. The van der Waals surface area contributed by atoms with Crippen molar-refractivity contribution in [3.63, 3.8) is 0 Å². The van der Waals surface area contributed by atoms with E-state index in [0.717, 1.165) is 5.56 Å². The van der Waals surface area contributed by atoms with Crippen LogP contribution in [0.25, 0.3) is 0 Å². The molecule has 2 aromatic carbocycles. The molecule has 1 amide bonds. The number of rotatable bonds is 7. The van der Waals surface area contributed by atoms with Gasteiger partial charge < -0.3 is 10.1 Å². The molecule has 0 aromatic heterocycles. The fourth-order valence-electron chi connectivity index (χ4n) is 3.05. The van der Waals surface area contributed by atoms with Gasteiger partial charge in [0, 0.05) is 6.92 Å². The molecule has 27 heavy (non-hydrogen) atoms. The van der Waals surface area contributed by atoms with Crippen molar-refractivity contribution in [2.75, 3.05) is 11.9 Å². The van der Waals surface area contributed by atoms with Gasteiger partial charge in [0.25, 0.3) is 0 Å². The van der Waals surface area contributed by atoms with Crippen LogP contribution >= 0.6 is 0 Å². The van der Waals surface area contributed by atoms with Crippen molar-refractivity contribution in [1.29, 1.82) is 0 Å². The number of anilines is 1. The van der Waals surface area contributed by atoms with Crippen molar-refractivity contribution in [2.45, 2.75) is 45.6 Å². The maximum atomic E-state index is 12.8. The quantitative estimate of drug-likeness (QED) is 0.760. The molecule has 2 aromatic rings. The molecule has 2 rings (SSSR count). The number of hydrogen-bond donors (Lipinski definition) is 2. The van der Waals surface area contributed by atoms with Crippen LogP contribution in [0.4, 0.5) is 5.69 Å². The highest BCUT2D eigenvalue weighted by Gasteiger charge is 2.22. The summed E-state index contributed by atoms with van der Waals surface area (Å²) in [6.45, 7) is 8.79. The maximum Gasteiger partial charge on any atom is 0.241 e. The van der Waals surface area contributed by atoms with Crippen LogP contribution in [0.3, 0.4) is 0 Å². The van der Waals surface area contributed by atoms with Gasteiger partial charge in [-0.1, -0.05) is 29.8 Å². The molecule has 1 atom stereocenters. The minimum Gasteiger partial charge on any atom is -0.490 e. The molecule has 0 bridgehead atoms. The summed E-state index contributed by atoms with van der Waals surface area (Å²) in [6, 6.07) is 10.3. The Balaban J connectivity index is 2.10. The number of carbonyl (C=O) groups excluding carboxylic acids is 1. The summed E-state index contributed by atoms with van der Waals surface area (Å²) in [7, 11) is -3.67. The highest BCUT2D eigenvalue weighted by atomic mass is 32.2. The van der Waals surface area contributed by atoms with Gasteiger partial charge in [-0.3, -0.25) is 4.79 Å². The Morgan fingerprint density at radius 2 is 1.70 bits per heavy atom. The summed E-state index contributed by atoms with van der Waals surface area (Å²) < 4.78 is 34.0. The Kier molecular flexibility index (Phi) is 6.62. The molecule has 0 fully saturated rings. The SMILES string of the molecule is CC(=O)Nc1ccccc1OCC(C)NS(=O)(=O)c1c(C)cc(C)cc1C. The number of para-hydroxylation sites is 2. The molecule has 0 aliphatic carbocycles. The topological polar surface area (TPSA) is 84.5 Å². The first-order valence-electron chi connectivity index (χ1n) is 8.69. The Hall–Kier alpha value is -2.38. The van der Waals surface area contributed by atoms with E-state index in [9.17, 15) is 13.2 Å². The first-order valence-corrected chi connectivity index (χ1v) is 10.2. The summed E-state index contributed by atoms with van der Waals surface area (Å²) in [4.78, 5) is 11.6. The van der Waals surface area contributed by atoms with E-state index in [0.29, 0.717) is 27.5 Å². The highest BCUT2D eigenvalue weighted by Crippen LogP contribution is 2.24. The molecule has 1 unspecified atom stereocenters. The van der Waals surface area contributed by atoms with E-state index in [1.807, 2.05) is 19.1 Å². The van der Waals surface area contributed by atoms with Crippen LogP contribution in [0.2, 0.25) is 0 Å². The van der Waals surface area contributed by atoms with E-state index in [-0.39, 0.29) is 12.5 Å². The van der Waals surface area contributed by atoms with Crippen LogP contribution in [0.15, 0.2) is 41.3 Å². The Labute approximate surface area is 161 Å². The number of nitrogens with one attached hydrogen (secondary N) is 2. The Bertz CT molecular complexity index is 916. The zero-order valence-corrected chi connectivity index (χ0v) is 17.1. The summed E-state index contributed by atoms with van der Waals surface area (Å²) in [5.41, 5.74) is 2.99. The Morgan fingerprint density at radius 1 is 1.11 bits per heavy atom. The van der Waals surface area contributed by atoms with Crippen LogP contribution in [-0.4, -0.2) is 27.0 Å². The predicted molar refractivity (Wildman–Crippen MR) is 107 cm³/mol. The number of sulfonamides is 1. The molecular weight excluding hydrogens is 364 g/mol.